The van der Waals surface area contributed by atoms with Gasteiger partial charge in [-0.15, -0.1) is 0 Å². The molecule has 0 aromatic heterocycles. The highest BCUT2D eigenvalue weighted by molar-refractivity contribution is 9.09. The van der Waals surface area contributed by atoms with E-state index < -0.39 is 10.2 Å². The van der Waals surface area contributed by atoms with Crippen LogP contribution < -0.4 is 4.72 Å². The molecule has 0 radical (unpaired) electrons. The Morgan fingerprint density at radius 3 is 2.47 bits per heavy atom. The van der Waals surface area contributed by atoms with Crippen molar-refractivity contribution in [1.82, 2.24) is 9.03 Å². The quantitative estimate of drug-likeness (QED) is 0.527. The molecule has 0 aliphatic heterocycles. The lowest BCUT2D eigenvalue weighted by Crippen LogP contribution is -2.43. The van der Waals surface area contributed by atoms with Crippen molar-refractivity contribution in [3.05, 3.63) is 0 Å². The molecule has 0 aliphatic rings. The molecule has 0 saturated heterocycles. The molecule has 0 rings (SSSR count). The first-order chi connectivity index (χ1) is 6.91. The highest BCUT2D eigenvalue weighted by Crippen LogP contribution is 1.99. The predicted molar refractivity (Wildman–Crippen MR) is 64.4 cm³/mol. The molecule has 7 heteroatoms. The molecular weight excluding hydrogens is 284 g/mol. The fourth-order valence-corrected chi connectivity index (χ4v) is 2.11. The Hall–Kier alpha value is 0.310. The summed E-state index contributed by atoms with van der Waals surface area (Å²) >= 11 is 3.21. The van der Waals surface area contributed by atoms with Gasteiger partial charge in [0.05, 0.1) is 13.2 Å². The van der Waals surface area contributed by atoms with E-state index >= 15 is 0 Å². The SMILES string of the molecule is CC(C)N(C)S(=O)(=O)NCCOCCBr. The molecule has 0 saturated carbocycles. The third-order valence-electron chi connectivity index (χ3n) is 1.86. The first-order valence-electron chi connectivity index (χ1n) is 4.78. The van der Waals surface area contributed by atoms with Crippen LogP contribution in [0.4, 0.5) is 0 Å². The van der Waals surface area contributed by atoms with Crippen LogP contribution in [0.2, 0.25) is 0 Å². The molecule has 5 nitrogen and oxygen atoms in total. The van der Waals surface area contributed by atoms with Crippen LogP contribution in [0.25, 0.3) is 0 Å². The topological polar surface area (TPSA) is 58.6 Å². The summed E-state index contributed by atoms with van der Waals surface area (Å²) in [7, 11) is -1.81. The van der Waals surface area contributed by atoms with Crippen LogP contribution in [0.3, 0.4) is 0 Å². The third-order valence-corrected chi connectivity index (χ3v) is 3.93. The van der Waals surface area contributed by atoms with Gasteiger partial charge in [-0.3, -0.25) is 0 Å². The van der Waals surface area contributed by atoms with E-state index in [0.29, 0.717) is 19.8 Å². The van der Waals surface area contributed by atoms with Crippen molar-refractivity contribution in [2.45, 2.75) is 19.9 Å². The Bertz CT molecular complexity index is 257. The smallest absolute Gasteiger partial charge is 0.279 e. The first kappa shape index (κ1) is 15.3. The maximum Gasteiger partial charge on any atom is 0.279 e. The highest BCUT2D eigenvalue weighted by atomic mass is 79.9. The van der Waals surface area contributed by atoms with Gasteiger partial charge in [0.1, 0.15) is 0 Å². The van der Waals surface area contributed by atoms with Crippen molar-refractivity contribution in [1.29, 1.82) is 0 Å². The zero-order valence-corrected chi connectivity index (χ0v) is 11.8. The molecule has 0 heterocycles. The average molecular weight is 303 g/mol. The van der Waals surface area contributed by atoms with Gasteiger partial charge in [-0.2, -0.15) is 17.4 Å². The van der Waals surface area contributed by atoms with Crippen LogP contribution in [0.5, 0.6) is 0 Å². The Balaban J connectivity index is 3.85. The monoisotopic (exact) mass is 302 g/mol. The summed E-state index contributed by atoms with van der Waals surface area (Å²) in [4.78, 5) is 0. The van der Waals surface area contributed by atoms with Crippen molar-refractivity contribution in [3.63, 3.8) is 0 Å². The van der Waals surface area contributed by atoms with Gasteiger partial charge in [-0.1, -0.05) is 15.9 Å². The molecule has 92 valence electrons. The van der Waals surface area contributed by atoms with Crippen LogP contribution in [-0.2, 0) is 14.9 Å². The number of halogens is 1. The van der Waals surface area contributed by atoms with E-state index in [4.69, 9.17) is 4.74 Å². The first-order valence-corrected chi connectivity index (χ1v) is 7.34. The summed E-state index contributed by atoms with van der Waals surface area (Å²) in [5.74, 6) is 0. The van der Waals surface area contributed by atoms with Gasteiger partial charge in [-0.05, 0) is 13.8 Å². The number of nitrogens with one attached hydrogen (secondary N) is 1. The summed E-state index contributed by atoms with van der Waals surface area (Å²) in [6, 6.07) is -0.0500. The largest absolute Gasteiger partial charge is 0.379 e. The van der Waals surface area contributed by atoms with Gasteiger partial charge in [0.25, 0.3) is 10.2 Å². The second kappa shape index (κ2) is 7.56. The van der Waals surface area contributed by atoms with E-state index in [1.165, 1.54) is 4.31 Å². The summed E-state index contributed by atoms with van der Waals surface area (Å²) < 4.78 is 32.0. The minimum atomic E-state index is -3.36. The highest BCUT2D eigenvalue weighted by Gasteiger charge is 2.19. The second-order valence-corrected chi connectivity index (χ2v) is 5.92. The molecule has 0 atom stereocenters. The molecule has 0 aromatic carbocycles. The standard InChI is InChI=1S/C8H19BrN2O3S/c1-8(2)11(3)15(12,13)10-5-7-14-6-4-9/h8,10H,4-7H2,1-3H3. The van der Waals surface area contributed by atoms with E-state index in [-0.39, 0.29) is 6.04 Å². The lowest BCUT2D eigenvalue weighted by Gasteiger charge is -2.21. The molecule has 1 N–H and O–H groups in total. The van der Waals surface area contributed by atoms with E-state index in [1.54, 1.807) is 7.05 Å². The van der Waals surface area contributed by atoms with Gasteiger partial charge in [0.2, 0.25) is 0 Å². The Morgan fingerprint density at radius 2 is 2.00 bits per heavy atom. The minimum Gasteiger partial charge on any atom is -0.379 e. The third kappa shape index (κ3) is 6.47. The molecule has 0 amide bonds. The Morgan fingerprint density at radius 1 is 1.40 bits per heavy atom. The molecule has 0 bridgehead atoms. The summed E-state index contributed by atoms with van der Waals surface area (Å²) in [5, 5.41) is 0.756. The second-order valence-electron chi connectivity index (χ2n) is 3.31. The molecule has 0 unspecified atom stereocenters. The van der Waals surface area contributed by atoms with Gasteiger partial charge in [-0.25, -0.2) is 0 Å². The molecule has 0 spiro atoms. The normalized spacial score (nSPS) is 12.7. The number of nitrogens with zero attached hydrogens (tertiary/aromatic N) is 1. The van der Waals surface area contributed by atoms with Crippen molar-refractivity contribution >= 4 is 26.1 Å². The van der Waals surface area contributed by atoms with Gasteiger partial charge in [0.15, 0.2) is 0 Å². The van der Waals surface area contributed by atoms with E-state index in [9.17, 15) is 8.42 Å². The lowest BCUT2D eigenvalue weighted by molar-refractivity contribution is 0.155. The predicted octanol–water partition coefficient (Wildman–Crippen LogP) is 0.573. The van der Waals surface area contributed by atoms with E-state index in [0.717, 1.165) is 5.33 Å². The Labute approximate surface area is 100 Å². The van der Waals surface area contributed by atoms with Crippen molar-refractivity contribution in [2.24, 2.45) is 0 Å². The van der Waals surface area contributed by atoms with Crippen LogP contribution in [0.1, 0.15) is 13.8 Å². The minimum absolute atomic E-state index is 0.0500. The van der Waals surface area contributed by atoms with Crippen LogP contribution in [-0.4, -0.2) is 50.9 Å². The Kier molecular flexibility index (Phi) is 7.72. The van der Waals surface area contributed by atoms with Crippen LogP contribution in [0, 0.1) is 0 Å². The average Bonchev–Trinajstić information content (AvgIpc) is 2.16. The zero-order valence-electron chi connectivity index (χ0n) is 9.36. The number of alkyl halides is 1. The number of ether oxygens (including phenoxy) is 1. The fourth-order valence-electron chi connectivity index (χ4n) is 0.779. The number of hydrogen-bond donors (Lipinski definition) is 1. The maximum absolute atomic E-state index is 11.6. The van der Waals surface area contributed by atoms with Crippen molar-refractivity contribution < 1.29 is 13.2 Å². The summed E-state index contributed by atoms with van der Waals surface area (Å²) in [5.41, 5.74) is 0. The number of rotatable bonds is 8. The van der Waals surface area contributed by atoms with Crippen molar-refractivity contribution in [2.75, 3.05) is 32.1 Å². The van der Waals surface area contributed by atoms with Crippen molar-refractivity contribution in [3.8, 4) is 0 Å². The van der Waals surface area contributed by atoms with Gasteiger partial charge < -0.3 is 4.74 Å². The molecular formula is C8H19BrN2O3S. The zero-order chi connectivity index (χ0) is 11.9. The van der Waals surface area contributed by atoms with Crippen LogP contribution >= 0.6 is 15.9 Å². The lowest BCUT2D eigenvalue weighted by atomic mass is 10.4. The van der Waals surface area contributed by atoms with E-state index in [2.05, 4.69) is 20.7 Å². The van der Waals surface area contributed by atoms with E-state index in [1.807, 2.05) is 13.8 Å². The molecule has 0 aromatic rings. The van der Waals surface area contributed by atoms with Gasteiger partial charge >= 0.3 is 0 Å². The number of hydrogen-bond acceptors (Lipinski definition) is 3. The van der Waals surface area contributed by atoms with Crippen LogP contribution in [0.15, 0.2) is 0 Å². The summed E-state index contributed by atoms with van der Waals surface area (Å²) in [6.45, 7) is 4.91. The fraction of sp³-hybridized carbons (Fsp3) is 1.00. The summed E-state index contributed by atoms with van der Waals surface area (Å²) in [6.07, 6.45) is 0. The molecule has 15 heavy (non-hydrogen) atoms. The molecule has 0 fully saturated rings. The molecule has 0 aliphatic carbocycles. The maximum atomic E-state index is 11.6. The van der Waals surface area contributed by atoms with Gasteiger partial charge in [0, 0.05) is 25.0 Å².